The first-order valence-electron chi connectivity index (χ1n) is 11.1. The Morgan fingerprint density at radius 3 is 2.91 bits per heavy atom. The van der Waals surface area contributed by atoms with E-state index in [-0.39, 0.29) is 35.9 Å². The van der Waals surface area contributed by atoms with Gasteiger partial charge in [0.25, 0.3) is 0 Å². The van der Waals surface area contributed by atoms with E-state index in [1.165, 1.54) is 12.1 Å². The van der Waals surface area contributed by atoms with Crippen LogP contribution >= 0.6 is 0 Å². The van der Waals surface area contributed by atoms with E-state index in [2.05, 4.69) is 15.1 Å². The van der Waals surface area contributed by atoms with Crippen molar-refractivity contribution in [1.82, 2.24) is 24.9 Å². The molecule has 0 N–H and O–H groups in total. The van der Waals surface area contributed by atoms with Crippen LogP contribution in [0, 0.1) is 11.7 Å². The zero-order valence-electron chi connectivity index (χ0n) is 18.1. The molecule has 33 heavy (non-hydrogen) atoms. The van der Waals surface area contributed by atoms with E-state index in [1.807, 2.05) is 23.1 Å². The van der Waals surface area contributed by atoms with Crippen LogP contribution in [0.3, 0.4) is 0 Å². The Morgan fingerprint density at radius 1 is 1.18 bits per heavy atom. The second kappa shape index (κ2) is 9.09. The highest BCUT2D eigenvalue weighted by Crippen LogP contribution is 2.30. The van der Waals surface area contributed by atoms with Crippen molar-refractivity contribution in [3.05, 3.63) is 66.1 Å². The monoisotopic (exact) mass is 449 g/mol. The second-order valence-corrected chi connectivity index (χ2v) is 8.59. The van der Waals surface area contributed by atoms with Gasteiger partial charge in [-0.25, -0.2) is 4.39 Å². The van der Waals surface area contributed by atoms with Crippen LogP contribution in [-0.4, -0.2) is 56.4 Å². The molecule has 2 unspecified atom stereocenters. The SMILES string of the molecule is O=C1CC(C(=O)N2CCCC(c3nc(-c4cccc(F)c4)no3)C2)CN1Cc1ccccn1. The molecule has 2 atom stereocenters. The van der Waals surface area contributed by atoms with Crippen molar-refractivity contribution in [3.8, 4) is 11.4 Å². The van der Waals surface area contributed by atoms with Crippen LogP contribution in [0.15, 0.2) is 53.2 Å². The van der Waals surface area contributed by atoms with Gasteiger partial charge in [-0.05, 0) is 37.1 Å². The van der Waals surface area contributed by atoms with Crippen LogP contribution in [0.1, 0.15) is 36.8 Å². The topological polar surface area (TPSA) is 92.4 Å². The summed E-state index contributed by atoms with van der Waals surface area (Å²) >= 11 is 0. The second-order valence-electron chi connectivity index (χ2n) is 8.59. The number of likely N-dealkylation sites (tertiary alicyclic amines) is 2. The third-order valence-corrected chi connectivity index (χ3v) is 6.25. The number of aromatic nitrogens is 3. The Hall–Kier alpha value is -3.62. The van der Waals surface area contributed by atoms with Gasteiger partial charge < -0.3 is 14.3 Å². The minimum Gasteiger partial charge on any atom is -0.342 e. The summed E-state index contributed by atoms with van der Waals surface area (Å²) in [5.74, 6) is -0.0580. The first-order valence-corrected chi connectivity index (χ1v) is 11.1. The fourth-order valence-corrected chi connectivity index (χ4v) is 4.56. The highest BCUT2D eigenvalue weighted by molar-refractivity contribution is 5.89. The first-order chi connectivity index (χ1) is 16.1. The van der Waals surface area contributed by atoms with Crippen LogP contribution < -0.4 is 0 Å². The summed E-state index contributed by atoms with van der Waals surface area (Å²) in [5.41, 5.74) is 1.36. The number of halogens is 1. The van der Waals surface area contributed by atoms with E-state index in [9.17, 15) is 14.0 Å². The summed E-state index contributed by atoms with van der Waals surface area (Å²) in [4.78, 5) is 37.9. The van der Waals surface area contributed by atoms with Crippen LogP contribution in [0.25, 0.3) is 11.4 Å². The Balaban J connectivity index is 1.23. The molecule has 2 aliphatic rings. The maximum atomic E-state index is 13.5. The highest BCUT2D eigenvalue weighted by atomic mass is 19.1. The molecule has 2 aromatic heterocycles. The summed E-state index contributed by atoms with van der Waals surface area (Å²) in [6.45, 7) is 1.93. The van der Waals surface area contributed by atoms with Gasteiger partial charge >= 0.3 is 0 Å². The fourth-order valence-electron chi connectivity index (χ4n) is 4.56. The number of piperidine rings is 1. The number of benzene rings is 1. The molecule has 170 valence electrons. The Kier molecular flexibility index (Phi) is 5.85. The van der Waals surface area contributed by atoms with Gasteiger partial charge in [0.1, 0.15) is 5.82 Å². The molecule has 2 saturated heterocycles. The number of pyridine rings is 1. The molecule has 0 spiro atoms. The summed E-state index contributed by atoms with van der Waals surface area (Å²) in [7, 11) is 0. The number of carbonyl (C=O) groups is 2. The molecule has 8 nitrogen and oxygen atoms in total. The third kappa shape index (κ3) is 4.62. The molecule has 0 saturated carbocycles. The maximum Gasteiger partial charge on any atom is 0.231 e. The van der Waals surface area contributed by atoms with Crippen molar-refractivity contribution in [1.29, 1.82) is 0 Å². The van der Waals surface area contributed by atoms with Crippen LogP contribution in [0.2, 0.25) is 0 Å². The minimum atomic E-state index is -0.364. The maximum absolute atomic E-state index is 13.5. The van der Waals surface area contributed by atoms with Crippen molar-refractivity contribution in [2.75, 3.05) is 19.6 Å². The standard InChI is InChI=1S/C24H24FN5O3/c25-19-7-3-5-16(11-19)22-27-23(33-28-22)17-6-4-10-29(13-17)24(32)18-12-21(31)30(14-18)15-20-8-1-2-9-26-20/h1-3,5,7-9,11,17-18H,4,6,10,12-15H2. The minimum absolute atomic E-state index is 0.0126. The molecule has 0 bridgehead atoms. The lowest BCUT2D eigenvalue weighted by Crippen LogP contribution is -2.43. The van der Waals surface area contributed by atoms with Crippen LogP contribution in [0.4, 0.5) is 4.39 Å². The van der Waals surface area contributed by atoms with E-state index in [1.54, 1.807) is 23.2 Å². The average Bonchev–Trinajstić information content (AvgIpc) is 3.47. The van der Waals surface area contributed by atoms with Gasteiger partial charge in [0.2, 0.25) is 23.5 Å². The van der Waals surface area contributed by atoms with Gasteiger partial charge in [0.15, 0.2) is 0 Å². The largest absolute Gasteiger partial charge is 0.342 e. The molecule has 2 amide bonds. The van der Waals surface area contributed by atoms with Gasteiger partial charge in [-0.15, -0.1) is 0 Å². The summed E-state index contributed by atoms with van der Waals surface area (Å²) in [6.07, 6.45) is 3.55. The Morgan fingerprint density at radius 2 is 2.09 bits per heavy atom. The van der Waals surface area contributed by atoms with Crippen LogP contribution in [0.5, 0.6) is 0 Å². The summed E-state index contributed by atoms with van der Waals surface area (Å²) in [5, 5.41) is 4.00. The molecule has 2 aliphatic heterocycles. The normalized spacial score (nSPS) is 20.9. The van der Waals surface area contributed by atoms with E-state index >= 15 is 0 Å². The number of rotatable bonds is 5. The molecule has 1 aromatic carbocycles. The van der Waals surface area contributed by atoms with Gasteiger partial charge in [-0.1, -0.05) is 23.4 Å². The van der Waals surface area contributed by atoms with Crippen molar-refractivity contribution < 1.29 is 18.5 Å². The summed E-state index contributed by atoms with van der Waals surface area (Å²) < 4.78 is 19.0. The quantitative estimate of drug-likeness (QED) is 0.595. The van der Waals surface area contributed by atoms with Gasteiger partial charge in [-0.3, -0.25) is 14.6 Å². The molecular weight excluding hydrogens is 425 g/mol. The predicted molar refractivity (Wildman–Crippen MR) is 116 cm³/mol. The molecule has 9 heteroatoms. The van der Waals surface area contributed by atoms with Crippen LogP contribution in [-0.2, 0) is 16.1 Å². The van der Waals surface area contributed by atoms with E-state index < -0.39 is 0 Å². The number of nitrogens with zero attached hydrogens (tertiary/aromatic N) is 5. The predicted octanol–water partition coefficient (Wildman–Crippen LogP) is 3.03. The lowest BCUT2D eigenvalue weighted by atomic mass is 9.96. The van der Waals surface area contributed by atoms with Gasteiger partial charge in [0.05, 0.1) is 24.1 Å². The first kappa shape index (κ1) is 21.2. The zero-order valence-corrected chi connectivity index (χ0v) is 18.1. The van der Waals surface area contributed by atoms with E-state index in [4.69, 9.17) is 4.52 Å². The average molecular weight is 449 g/mol. The molecular formula is C24H24FN5O3. The molecule has 0 aliphatic carbocycles. The fraction of sp³-hybridized carbons (Fsp3) is 0.375. The molecule has 2 fully saturated rings. The van der Waals surface area contributed by atoms with Gasteiger partial charge in [0, 0.05) is 37.8 Å². The van der Waals surface area contributed by atoms with Crippen molar-refractivity contribution in [2.45, 2.75) is 31.7 Å². The van der Waals surface area contributed by atoms with Crippen molar-refractivity contribution >= 4 is 11.8 Å². The molecule has 4 heterocycles. The number of amides is 2. The Labute approximate surface area is 190 Å². The van der Waals surface area contributed by atoms with Crippen molar-refractivity contribution in [2.24, 2.45) is 5.92 Å². The lowest BCUT2D eigenvalue weighted by molar-refractivity contribution is -0.137. The Bertz CT molecular complexity index is 1150. The smallest absolute Gasteiger partial charge is 0.231 e. The molecule has 5 rings (SSSR count). The van der Waals surface area contributed by atoms with E-state index in [0.29, 0.717) is 43.5 Å². The highest BCUT2D eigenvalue weighted by Gasteiger charge is 2.38. The third-order valence-electron chi connectivity index (χ3n) is 6.25. The molecule has 3 aromatic rings. The van der Waals surface area contributed by atoms with E-state index in [0.717, 1.165) is 18.5 Å². The number of carbonyl (C=O) groups excluding carboxylic acids is 2. The van der Waals surface area contributed by atoms with Crippen molar-refractivity contribution in [3.63, 3.8) is 0 Å². The number of hydrogen-bond acceptors (Lipinski definition) is 6. The zero-order chi connectivity index (χ0) is 22.8. The lowest BCUT2D eigenvalue weighted by Gasteiger charge is -2.32. The van der Waals surface area contributed by atoms with Gasteiger partial charge in [-0.2, -0.15) is 4.98 Å². The number of hydrogen-bond donors (Lipinski definition) is 0. The summed E-state index contributed by atoms with van der Waals surface area (Å²) in [6, 6.07) is 11.6. The molecule has 0 radical (unpaired) electrons.